The minimum atomic E-state index is -0.447. The van der Waals surface area contributed by atoms with Crippen LogP contribution >= 0.6 is 11.8 Å². The normalized spacial score (nSPS) is 19.4. The minimum Gasteiger partial charge on any atom is -0.356 e. The zero-order valence-corrected chi connectivity index (χ0v) is 14.7. The summed E-state index contributed by atoms with van der Waals surface area (Å²) in [6.07, 6.45) is 2.12. The van der Waals surface area contributed by atoms with Crippen molar-refractivity contribution in [2.45, 2.75) is 38.4 Å². The SMILES string of the molecule is CCCCNC(=O)CC1S/C(=N\N=C(/C)c2ccccc2)NC1=O. The largest absolute Gasteiger partial charge is 0.356 e. The van der Waals surface area contributed by atoms with Gasteiger partial charge in [-0.1, -0.05) is 55.4 Å². The maximum absolute atomic E-state index is 11.9. The van der Waals surface area contributed by atoms with E-state index in [4.69, 9.17) is 0 Å². The molecule has 0 saturated carbocycles. The highest BCUT2D eigenvalue weighted by molar-refractivity contribution is 8.15. The van der Waals surface area contributed by atoms with Crippen LogP contribution in [0.4, 0.5) is 0 Å². The second-order valence-electron chi connectivity index (χ2n) is 5.46. The van der Waals surface area contributed by atoms with Crippen LogP contribution in [0.15, 0.2) is 40.5 Å². The highest BCUT2D eigenvalue weighted by atomic mass is 32.2. The Bertz CT molecular complexity index is 643. The van der Waals surface area contributed by atoms with Gasteiger partial charge in [-0.25, -0.2) is 0 Å². The average Bonchev–Trinajstić information content (AvgIpc) is 2.93. The fraction of sp³-hybridized carbons (Fsp3) is 0.412. The predicted octanol–water partition coefficient (Wildman–Crippen LogP) is 2.30. The minimum absolute atomic E-state index is 0.110. The van der Waals surface area contributed by atoms with Crippen LogP contribution in [-0.2, 0) is 9.59 Å². The number of thioether (sulfide) groups is 1. The van der Waals surface area contributed by atoms with Crippen molar-refractivity contribution in [1.82, 2.24) is 10.6 Å². The number of nitrogens with one attached hydrogen (secondary N) is 2. The van der Waals surface area contributed by atoms with E-state index in [1.54, 1.807) is 0 Å². The number of benzene rings is 1. The lowest BCUT2D eigenvalue weighted by Gasteiger charge is -2.06. The molecular formula is C17H22N4O2S. The number of amidine groups is 1. The van der Waals surface area contributed by atoms with Gasteiger partial charge in [0.1, 0.15) is 5.25 Å². The Labute approximate surface area is 146 Å². The Hall–Kier alpha value is -2.15. The second kappa shape index (κ2) is 9.22. The number of carbonyl (C=O) groups excluding carboxylic acids is 2. The maximum atomic E-state index is 11.9. The lowest BCUT2D eigenvalue weighted by Crippen LogP contribution is -2.31. The van der Waals surface area contributed by atoms with Gasteiger partial charge < -0.3 is 10.6 Å². The van der Waals surface area contributed by atoms with Crippen LogP contribution in [0.5, 0.6) is 0 Å². The first-order chi connectivity index (χ1) is 11.6. The van der Waals surface area contributed by atoms with E-state index in [1.165, 1.54) is 11.8 Å². The fourth-order valence-electron chi connectivity index (χ4n) is 2.09. The number of hydrogen-bond donors (Lipinski definition) is 2. The van der Waals surface area contributed by atoms with E-state index >= 15 is 0 Å². The molecule has 1 heterocycles. The summed E-state index contributed by atoms with van der Waals surface area (Å²) in [6, 6.07) is 9.69. The molecule has 7 heteroatoms. The van der Waals surface area contributed by atoms with Gasteiger partial charge in [0.2, 0.25) is 11.8 Å². The van der Waals surface area contributed by atoms with Crippen LogP contribution in [-0.4, -0.2) is 34.5 Å². The average molecular weight is 346 g/mol. The molecule has 0 aromatic heterocycles. The topological polar surface area (TPSA) is 82.9 Å². The van der Waals surface area contributed by atoms with Crippen LogP contribution in [0.3, 0.4) is 0 Å². The van der Waals surface area contributed by atoms with Gasteiger partial charge in [0.25, 0.3) is 0 Å². The quantitative estimate of drug-likeness (QED) is 0.451. The molecule has 1 atom stereocenters. The van der Waals surface area contributed by atoms with Gasteiger partial charge in [-0.2, -0.15) is 5.10 Å². The standard InChI is InChI=1S/C17H22N4O2S/c1-3-4-10-18-15(22)11-14-16(23)19-17(24-14)21-20-12(2)13-8-6-5-7-9-13/h5-9,14H,3-4,10-11H2,1-2H3,(H,18,22)(H,19,21,23)/b20-12+. The third-order valence-electron chi connectivity index (χ3n) is 3.48. The van der Waals surface area contributed by atoms with Crippen LogP contribution < -0.4 is 10.6 Å². The molecule has 2 amide bonds. The summed E-state index contributed by atoms with van der Waals surface area (Å²) >= 11 is 1.24. The molecule has 2 N–H and O–H groups in total. The molecule has 1 aromatic rings. The van der Waals surface area contributed by atoms with Crippen molar-refractivity contribution >= 4 is 34.5 Å². The predicted molar refractivity (Wildman–Crippen MR) is 98.1 cm³/mol. The molecule has 2 rings (SSSR count). The number of carbonyl (C=O) groups is 2. The molecule has 0 aliphatic carbocycles. The van der Waals surface area contributed by atoms with Crippen molar-refractivity contribution in [3.05, 3.63) is 35.9 Å². The monoisotopic (exact) mass is 346 g/mol. The van der Waals surface area contributed by atoms with E-state index in [-0.39, 0.29) is 18.2 Å². The van der Waals surface area contributed by atoms with E-state index in [2.05, 4.69) is 27.8 Å². The summed E-state index contributed by atoms with van der Waals surface area (Å²) in [6.45, 7) is 4.57. The molecule has 1 aromatic carbocycles. The Morgan fingerprint density at radius 2 is 2.08 bits per heavy atom. The molecule has 1 aliphatic heterocycles. The van der Waals surface area contributed by atoms with E-state index in [0.29, 0.717) is 11.7 Å². The lowest BCUT2D eigenvalue weighted by molar-refractivity contribution is -0.125. The third-order valence-corrected chi connectivity index (χ3v) is 4.55. The first-order valence-electron chi connectivity index (χ1n) is 8.02. The first kappa shape index (κ1) is 18.2. The van der Waals surface area contributed by atoms with E-state index < -0.39 is 5.25 Å². The molecule has 1 saturated heterocycles. The molecule has 1 unspecified atom stereocenters. The zero-order valence-electron chi connectivity index (χ0n) is 13.9. The smallest absolute Gasteiger partial charge is 0.240 e. The molecule has 0 radical (unpaired) electrons. The zero-order chi connectivity index (χ0) is 17.4. The molecule has 6 nitrogen and oxygen atoms in total. The van der Waals surface area contributed by atoms with Crippen molar-refractivity contribution in [1.29, 1.82) is 0 Å². The van der Waals surface area contributed by atoms with Crippen LogP contribution in [0.25, 0.3) is 0 Å². The summed E-state index contributed by atoms with van der Waals surface area (Å²) in [7, 11) is 0. The molecule has 24 heavy (non-hydrogen) atoms. The Kier molecular flexibility index (Phi) is 6.99. The number of hydrogen-bond acceptors (Lipinski definition) is 5. The van der Waals surface area contributed by atoms with Crippen molar-refractivity contribution in [2.75, 3.05) is 6.54 Å². The van der Waals surface area contributed by atoms with Gasteiger partial charge in [-0.15, -0.1) is 5.10 Å². The second-order valence-corrected chi connectivity index (χ2v) is 6.65. The van der Waals surface area contributed by atoms with Crippen molar-refractivity contribution in [2.24, 2.45) is 10.2 Å². The summed E-state index contributed by atoms with van der Waals surface area (Å²) in [5.74, 6) is -0.307. The number of unbranched alkanes of at least 4 members (excludes halogenated alkanes) is 1. The van der Waals surface area contributed by atoms with Crippen LogP contribution in [0, 0.1) is 0 Å². The third kappa shape index (κ3) is 5.49. The van der Waals surface area contributed by atoms with E-state index in [0.717, 1.165) is 24.1 Å². The molecule has 0 bridgehead atoms. The van der Waals surface area contributed by atoms with Crippen molar-refractivity contribution < 1.29 is 9.59 Å². The summed E-state index contributed by atoms with van der Waals surface area (Å²) < 4.78 is 0. The van der Waals surface area contributed by atoms with Crippen LogP contribution in [0.1, 0.15) is 38.7 Å². The highest BCUT2D eigenvalue weighted by Gasteiger charge is 2.32. The van der Waals surface area contributed by atoms with Gasteiger partial charge in [0.15, 0.2) is 5.17 Å². The Balaban J connectivity index is 1.90. The van der Waals surface area contributed by atoms with Crippen LogP contribution in [0.2, 0.25) is 0 Å². The highest BCUT2D eigenvalue weighted by Crippen LogP contribution is 2.22. The van der Waals surface area contributed by atoms with Gasteiger partial charge in [0.05, 0.1) is 5.71 Å². The van der Waals surface area contributed by atoms with Gasteiger partial charge in [-0.05, 0) is 18.9 Å². The first-order valence-corrected chi connectivity index (χ1v) is 8.90. The van der Waals surface area contributed by atoms with Crippen molar-refractivity contribution in [3.63, 3.8) is 0 Å². The van der Waals surface area contributed by atoms with E-state index in [1.807, 2.05) is 37.3 Å². The number of nitrogens with zero attached hydrogens (tertiary/aromatic N) is 2. The van der Waals surface area contributed by atoms with Gasteiger partial charge in [-0.3, -0.25) is 9.59 Å². The summed E-state index contributed by atoms with van der Waals surface area (Å²) in [5.41, 5.74) is 1.74. The summed E-state index contributed by atoms with van der Waals surface area (Å²) in [4.78, 5) is 23.7. The van der Waals surface area contributed by atoms with Crippen molar-refractivity contribution in [3.8, 4) is 0 Å². The van der Waals surface area contributed by atoms with Gasteiger partial charge >= 0.3 is 0 Å². The molecule has 128 valence electrons. The van der Waals surface area contributed by atoms with E-state index in [9.17, 15) is 9.59 Å². The molecular weight excluding hydrogens is 324 g/mol. The molecule has 0 spiro atoms. The Morgan fingerprint density at radius 3 is 2.79 bits per heavy atom. The fourth-order valence-corrected chi connectivity index (χ4v) is 3.01. The Morgan fingerprint density at radius 1 is 1.33 bits per heavy atom. The molecule has 1 aliphatic rings. The lowest BCUT2D eigenvalue weighted by atomic mass is 10.1. The number of rotatable bonds is 7. The van der Waals surface area contributed by atoms with Gasteiger partial charge in [0, 0.05) is 13.0 Å². The summed E-state index contributed by atoms with van der Waals surface area (Å²) in [5, 5.41) is 13.7. The number of amides is 2. The molecule has 1 fully saturated rings. The maximum Gasteiger partial charge on any atom is 0.240 e.